The predicted molar refractivity (Wildman–Crippen MR) is 130 cm³/mol. The van der Waals surface area contributed by atoms with Crippen molar-refractivity contribution in [3.8, 4) is 0 Å². The van der Waals surface area contributed by atoms with Crippen molar-refractivity contribution in [1.29, 1.82) is 0 Å². The highest BCUT2D eigenvalue weighted by atomic mass is 16.6. The van der Waals surface area contributed by atoms with E-state index in [0.717, 1.165) is 35.3 Å². The van der Waals surface area contributed by atoms with Crippen LogP contribution in [0, 0.1) is 17.0 Å². The van der Waals surface area contributed by atoms with Gasteiger partial charge in [0, 0.05) is 43.9 Å². The molecule has 2 aromatic heterocycles. The highest BCUT2D eigenvalue weighted by Crippen LogP contribution is 2.41. The van der Waals surface area contributed by atoms with Crippen LogP contribution in [0.3, 0.4) is 0 Å². The maximum Gasteiger partial charge on any atom is 0.292 e. The third-order valence-corrected chi connectivity index (χ3v) is 6.68. The monoisotopic (exact) mass is 462 g/mol. The Balaban J connectivity index is 1.46. The Hall–Kier alpha value is -3.49. The number of pyridine rings is 1. The molecule has 2 aliphatic rings. The second-order valence-corrected chi connectivity index (χ2v) is 10.3. The number of amides is 1. The Kier molecular flexibility index (Phi) is 5.30. The number of aromatic nitrogens is 3. The number of carbonyl (C=O) groups is 1. The molecule has 0 unspecified atom stereocenters. The van der Waals surface area contributed by atoms with E-state index in [1.807, 2.05) is 33.5 Å². The van der Waals surface area contributed by atoms with E-state index in [9.17, 15) is 14.9 Å². The van der Waals surface area contributed by atoms with E-state index in [1.165, 1.54) is 6.07 Å². The SMILES string of the molecule is Cc1nn(C(C)(C)C)c2nc(C3CC3)cc(C(=O)N3CCN(c4ccccc4[N+](=O)[O-])CC3)c12. The minimum atomic E-state index is -0.352. The largest absolute Gasteiger partial charge is 0.362 e. The van der Waals surface area contributed by atoms with Gasteiger partial charge in [0.25, 0.3) is 11.6 Å². The summed E-state index contributed by atoms with van der Waals surface area (Å²) in [6.45, 7) is 10.3. The van der Waals surface area contributed by atoms with Crippen LogP contribution in [0.1, 0.15) is 61.3 Å². The summed E-state index contributed by atoms with van der Waals surface area (Å²) in [5, 5.41) is 17.0. The number of aryl methyl sites for hydroxylation is 1. The molecule has 0 radical (unpaired) electrons. The van der Waals surface area contributed by atoms with Gasteiger partial charge in [-0.15, -0.1) is 0 Å². The minimum Gasteiger partial charge on any atom is -0.362 e. The lowest BCUT2D eigenvalue weighted by Crippen LogP contribution is -2.49. The van der Waals surface area contributed by atoms with E-state index in [-0.39, 0.29) is 22.1 Å². The Morgan fingerprint density at radius 2 is 1.79 bits per heavy atom. The Bertz CT molecular complexity index is 1280. The summed E-state index contributed by atoms with van der Waals surface area (Å²) >= 11 is 0. The molecular formula is C25H30N6O3. The number of nitro benzene ring substituents is 1. The van der Waals surface area contributed by atoms with Crippen LogP contribution < -0.4 is 4.90 Å². The van der Waals surface area contributed by atoms with E-state index in [4.69, 9.17) is 10.1 Å². The van der Waals surface area contributed by atoms with E-state index in [1.54, 1.807) is 12.1 Å². The van der Waals surface area contributed by atoms with Gasteiger partial charge in [-0.2, -0.15) is 5.10 Å². The van der Waals surface area contributed by atoms with Crippen molar-refractivity contribution in [2.75, 3.05) is 31.1 Å². The number of hydrogen-bond donors (Lipinski definition) is 0. The van der Waals surface area contributed by atoms with E-state index >= 15 is 0 Å². The molecule has 1 aliphatic carbocycles. The predicted octanol–water partition coefficient (Wildman–Crippen LogP) is 4.24. The zero-order chi connectivity index (χ0) is 24.2. The first-order valence-electron chi connectivity index (χ1n) is 11.8. The summed E-state index contributed by atoms with van der Waals surface area (Å²) < 4.78 is 1.94. The van der Waals surface area contributed by atoms with Crippen molar-refractivity contribution < 1.29 is 9.72 Å². The summed E-state index contributed by atoms with van der Waals surface area (Å²) in [5.74, 6) is 0.392. The second kappa shape index (κ2) is 8.07. The Morgan fingerprint density at radius 1 is 1.12 bits per heavy atom. The topological polar surface area (TPSA) is 97.4 Å². The molecule has 0 bridgehead atoms. The molecule has 3 heterocycles. The van der Waals surface area contributed by atoms with Crippen LogP contribution in [0.4, 0.5) is 11.4 Å². The van der Waals surface area contributed by atoms with Crippen LogP contribution in [-0.4, -0.2) is 56.7 Å². The minimum absolute atomic E-state index is 0.0203. The smallest absolute Gasteiger partial charge is 0.292 e. The molecule has 9 nitrogen and oxygen atoms in total. The molecule has 0 N–H and O–H groups in total. The summed E-state index contributed by atoms with van der Waals surface area (Å²) in [4.78, 5) is 33.7. The van der Waals surface area contributed by atoms with Crippen LogP contribution in [0.5, 0.6) is 0 Å². The fourth-order valence-corrected chi connectivity index (χ4v) is 4.74. The molecule has 3 aromatic rings. The van der Waals surface area contributed by atoms with Gasteiger partial charge in [-0.3, -0.25) is 14.9 Å². The van der Waals surface area contributed by atoms with Gasteiger partial charge < -0.3 is 9.80 Å². The number of hydrogen-bond acceptors (Lipinski definition) is 6. The average Bonchev–Trinajstić information content (AvgIpc) is 3.61. The normalized spacial score (nSPS) is 16.8. The van der Waals surface area contributed by atoms with Crippen LogP contribution in [0.25, 0.3) is 11.0 Å². The number of para-hydroxylation sites is 2. The first-order valence-corrected chi connectivity index (χ1v) is 11.8. The maximum absolute atomic E-state index is 13.8. The molecule has 34 heavy (non-hydrogen) atoms. The second-order valence-electron chi connectivity index (χ2n) is 10.3. The quantitative estimate of drug-likeness (QED) is 0.425. The number of piperazine rings is 1. The number of nitrogens with zero attached hydrogens (tertiary/aromatic N) is 6. The van der Waals surface area contributed by atoms with Gasteiger partial charge in [-0.05, 0) is 52.7 Å². The highest BCUT2D eigenvalue weighted by Gasteiger charge is 2.33. The van der Waals surface area contributed by atoms with Gasteiger partial charge >= 0.3 is 0 Å². The molecule has 0 atom stereocenters. The van der Waals surface area contributed by atoms with E-state index in [0.29, 0.717) is 43.3 Å². The Labute approximate surface area is 198 Å². The lowest BCUT2D eigenvalue weighted by Gasteiger charge is -2.36. The summed E-state index contributed by atoms with van der Waals surface area (Å²) in [7, 11) is 0. The molecular weight excluding hydrogens is 432 g/mol. The molecule has 5 rings (SSSR count). The van der Waals surface area contributed by atoms with Gasteiger partial charge in [0.1, 0.15) is 5.69 Å². The maximum atomic E-state index is 13.8. The first-order chi connectivity index (χ1) is 16.1. The molecule has 1 aromatic carbocycles. The zero-order valence-electron chi connectivity index (χ0n) is 20.1. The first kappa shape index (κ1) is 22.3. The molecule has 9 heteroatoms. The van der Waals surface area contributed by atoms with Gasteiger partial charge in [0.15, 0.2) is 5.65 Å². The number of fused-ring (bicyclic) bond motifs is 1. The number of rotatable bonds is 4. The van der Waals surface area contributed by atoms with Crippen molar-refractivity contribution in [3.63, 3.8) is 0 Å². The Morgan fingerprint density at radius 3 is 2.41 bits per heavy atom. The molecule has 178 valence electrons. The van der Waals surface area contributed by atoms with Crippen LogP contribution in [0.15, 0.2) is 30.3 Å². The van der Waals surface area contributed by atoms with Gasteiger partial charge in [0.05, 0.1) is 27.1 Å². The molecule has 1 saturated heterocycles. The highest BCUT2D eigenvalue weighted by molar-refractivity contribution is 6.06. The zero-order valence-corrected chi connectivity index (χ0v) is 20.1. The summed E-state index contributed by atoms with van der Waals surface area (Å²) in [5.41, 5.74) is 3.66. The summed E-state index contributed by atoms with van der Waals surface area (Å²) in [6, 6.07) is 8.75. The van der Waals surface area contributed by atoms with Crippen LogP contribution >= 0.6 is 0 Å². The lowest BCUT2D eigenvalue weighted by atomic mass is 10.0. The molecule has 1 aliphatic heterocycles. The average molecular weight is 463 g/mol. The fraction of sp³-hybridized carbons (Fsp3) is 0.480. The van der Waals surface area contributed by atoms with Crippen LogP contribution in [-0.2, 0) is 5.54 Å². The third kappa shape index (κ3) is 3.89. The van der Waals surface area contributed by atoms with E-state index in [2.05, 4.69) is 20.8 Å². The molecule has 1 saturated carbocycles. The van der Waals surface area contributed by atoms with Crippen molar-refractivity contribution >= 4 is 28.3 Å². The molecule has 2 fully saturated rings. The standard InChI is InChI=1S/C25H30N6O3/c1-16-22-18(15-19(17-9-10-17)26-23(22)30(27-16)25(2,3)4)24(32)29-13-11-28(12-14-29)20-7-5-6-8-21(20)31(33)34/h5-8,15,17H,9-14H2,1-4H3. The number of benzene rings is 1. The van der Waals surface area contributed by atoms with Gasteiger partial charge in [0.2, 0.25) is 0 Å². The van der Waals surface area contributed by atoms with Crippen molar-refractivity contribution in [1.82, 2.24) is 19.7 Å². The van der Waals surface area contributed by atoms with Crippen molar-refractivity contribution in [2.24, 2.45) is 0 Å². The molecule has 1 amide bonds. The van der Waals surface area contributed by atoms with Gasteiger partial charge in [-0.25, -0.2) is 9.67 Å². The number of anilines is 1. The molecule has 0 spiro atoms. The number of nitro groups is 1. The third-order valence-electron chi connectivity index (χ3n) is 6.68. The van der Waals surface area contributed by atoms with Gasteiger partial charge in [-0.1, -0.05) is 12.1 Å². The van der Waals surface area contributed by atoms with E-state index < -0.39 is 0 Å². The van der Waals surface area contributed by atoms with Crippen LogP contribution in [0.2, 0.25) is 0 Å². The van der Waals surface area contributed by atoms with Crippen molar-refractivity contribution in [2.45, 2.75) is 52.0 Å². The fourth-order valence-electron chi connectivity index (χ4n) is 4.74. The number of carbonyl (C=O) groups excluding carboxylic acids is 1. The lowest BCUT2D eigenvalue weighted by molar-refractivity contribution is -0.384. The summed E-state index contributed by atoms with van der Waals surface area (Å²) in [6.07, 6.45) is 2.20. The van der Waals surface area contributed by atoms with Crippen molar-refractivity contribution in [3.05, 3.63) is 57.4 Å².